The van der Waals surface area contributed by atoms with E-state index in [1.165, 1.54) is 18.2 Å². The highest BCUT2D eigenvalue weighted by Crippen LogP contribution is 2.34. The van der Waals surface area contributed by atoms with Gasteiger partial charge in [0, 0.05) is 5.69 Å². The van der Waals surface area contributed by atoms with Crippen LogP contribution in [0.5, 0.6) is 5.75 Å². The topological polar surface area (TPSA) is 92.4 Å². The highest BCUT2D eigenvalue weighted by atomic mass is 32.2. The third-order valence-electron chi connectivity index (χ3n) is 4.35. The first-order valence-electron chi connectivity index (χ1n) is 8.62. The van der Waals surface area contributed by atoms with Crippen molar-refractivity contribution in [1.82, 2.24) is 4.98 Å². The van der Waals surface area contributed by atoms with E-state index in [1.807, 2.05) is 32.0 Å². The molecule has 0 aliphatic heterocycles. The number of phenolic OH excluding ortho intramolecular Hbond substituents is 1. The Kier molecular flexibility index (Phi) is 4.31. The average molecular weight is 394 g/mol. The standard InChI is InChI=1S/C21H18N2O4S/c1-13-3-7-16(8-4-13)28(25,26)23-15-6-9-19(24)17(12-15)21-22-18-11-14(2)5-10-20(18)27-21/h3-12,23-24H,1-2H3. The number of rotatable bonds is 4. The average Bonchev–Trinajstić information content (AvgIpc) is 3.06. The lowest BCUT2D eigenvalue weighted by Gasteiger charge is -2.10. The number of fused-ring (bicyclic) bond motifs is 1. The number of nitrogens with zero attached hydrogens (tertiary/aromatic N) is 1. The maximum atomic E-state index is 12.6. The van der Waals surface area contributed by atoms with Crippen LogP contribution in [0, 0.1) is 13.8 Å². The first kappa shape index (κ1) is 18.1. The van der Waals surface area contributed by atoms with Crippen molar-refractivity contribution in [2.75, 3.05) is 4.72 Å². The molecule has 1 aromatic heterocycles. The molecule has 0 saturated heterocycles. The van der Waals surface area contributed by atoms with Crippen molar-refractivity contribution in [3.8, 4) is 17.2 Å². The van der Waals surface area contributed by atoms with Gasteiger partial charge in [-0.2, -0.15) is 0 Å². The highest BCUT2D eigenvalue weighted by molar-refractivity contribution is 7.92. The maximum Gasteiger partial charge on any atom is 0.261 e. The molecule has 0 amide bonds. The van der Waals surface area contributed by atoms with E-state index in [9.17, 15) is 13.5 Å². The van der Waals surface area contributed by atoms with Gasteiger partial charge >= 0.3 is 0 Å². The number of anilines is 1. The van der Waals surface area contributed by atoms with Gasteiger partial charge in [-0.3, -0.25) is 4.72 Å². The molecule has 0 aliphatic rings. The van der Waals surface area contributed by atoms with E-state index in [2.05, 4.69) is 9.71 Å². The van der Waals surface area contributed by atoms with Crippen LogP contribution in [-0.2, 0) is 10.0 Å². The zero-order valence-corrected chi connectivity index (χ0v) is 16.1. The molecule has 0 spiro atoms. The van der Waals surface area contributed by atoms with Crippen LogP contribution in [0.1, 0.15) is 11.1 Å². The quantitative estimate of drug-likeness (QED) is 0.493. The lowest BCUT2D eigenvalue weighted by Crippen LogP contribution is -2.12. The number of phenols is 1. The third-order valence-corrected chi connectivity index (χ3v) is 5.75. The normalized spacial score (nSPS) is 11.6. The Balaban J connectivity index is 1.71. The molecule has 4 rings (SSSR count). The molecule has 28 heavy (non-hydrogen) atoms. The fraction of sp³-hybridized carbons (Fsp3) is 0.0952. The number of nitrogens with one attached hydrogen (secondary N) is 1. The van der Waals surface area contributed by atoms with Crippen molar-refractivity contribution in [3.63, 3.8) is 0 Å². The minimum atomic E-state index is -3.75. The molecule has 0 bridgehead atoms. The summed E-state index contributed by atoms with van der Waals surface area (Å²) in [7, 11) is -3.75. The van der Waals surface area contributed by atoms with Crippen molar-refractivity contribution in [2.24, 2.45) is 0 Å². The van der Waals surface area contributed by atoms with E-state index < -0.39 is 10.0 Å². The maximum absolute atomic E-state index is 12.6. The van der Waals surface area contributed by atoms with Crippen LogP contribution in [0.3, 0.4) is 0 Å². The van der Waals surface area contributed by atoms with E-state index in [0.29, 0.717) is 22.4 Å². The van der Waals surface area contributed by atoms with Crippen LogP contribution in [-0.4, -0.2) is 18.5 Å². The Bertz CT molecular complexity index is 1280. The molecule has 0 aliphatic carbocycles. The molecule has 0 fully saturated rings. The Morgan fingerprint density at radius 2 is 1.64 bits per heavy atom. The van der Waals surface area contributed by atoms with Gasteiger partial charge in [0.2, 0.25) is 5.89 Å². The van der Waals surface area contributed by atoms with Crippen LogP contribution in [0.4, 0.5) is 5.69 Å². The van der Waals surface area contributed by atoms with Crippen molar-refractivity contribution < 1.29 is 17.9 Å². The van der Waals surface area contributed by atoms with E-state index in [4.69, 9.17) is 4.42 Å². The molecule has 0 atom stereocenters. The molecule has 2 N–H and O–H groups in total. The second kappa shape index (κ2) is 6.69. The van der Waals surface area contributed by atoms with Crippen LogP contribution in [0.25, 0.3) is 22.6 Å². The van der Waals surface area contributed by atoms with Gasteiger partial charge in [0.15, 0.2) is 5.58 Å². The Labute approximate surface area is 162 Å². The smallest absolute Gasteiger partial charge is 0.261 e. The number of hydrogen-bond donors (Lipinski definition) is 2. The van der Waals surface area contributed by atoms with E-state index in [-0.39, 0.29) is 16.5 Å². The van der Waals surface area contributed by atoms with Crippen LogP contribution < -0.4 is 4.72 Å². The summed E-state index contributed by atoms with van der Waals surface area (Å²) in [6.45, 7) is 3.84. The molecular weight excluding hydrogens is 376 g/mol. The fourth-order valence-corrected chi connectivity index (χ4v) is 3.90. The van der Waals surface area contributed by atoms with Crippen LogP contribution in [0.15, 0.2) is 70.0 Å². The molecule has 0 saturated carbocycles. The number of aromatic nitrogens is 1. The predicted octanol–water partition coefficient (Wildman–Crippen LogP) is 4.62. The summed E-state index contributed by atoms with van der Waals surface area (Å²) in [5.41, 5.74) is 3.86. The summed E-state index contributed by atoms with van der Waals surface area (Å²) in [6, 6.07) is 16.5. The summed E-state index contributed by atoms with van der Waals surface area (Å²) in [4.78, 5) is 4.56. The van der Waals surface area contributed by atoms with Crippen molar-refractivity contribution in [2.45, 2.75) is 18.7 Å². The largest absolute Gasteiger partial charge is 0.507 e. The summed E-state index contributed by atoms with van der Waals surface area (Å²) in [6.07, 6.45) is 0. The van der Waals surface area contributed by atoms with E-state index >= 15 is 0 Å². The summed E-state index contributed by atoms with van der Waals surface area (Å²) < 4.78 is 33.5. The van der Waals surface area contributed by atoms with Gasteiger partial charge in [0.1, 0.15) is 11.3 Å². The van der Waals surface area contributed by atoms with Gasteiger partial charge in [-0.15, -0.1) is 0 Å². The number of sulfonamides is 1. The van der Waals surface area contributed by atoms with Crippen LogP contribution >= 0.6 is 0 Å². The molecular formula is C21H18N2O4S. The van der Waals surface area contributed by atoms with Crippen molar-refractivity contribution >= 4 is 26.8 Å². The molecule has 142 valence electrons. The Morgan fingerprint density at radius 1 is 0.929 bits per heavy atom. The second-order valence-electron chi connectivity index (χ2n) is 6.64. The van der Waals surface area contributed by atoms with Gasteiger partial charge in [-0.05, 0) is 61.9 Å². The van der Waals surface area contributed by atoms with Gasteiger partial charge in [-0.1, -0.05) is 23.8 Å². The Morgan fingerprint density at radius 3 is 2.39 bits per heavy atom. The predicted molar refractivity (Wildman–Crippen MR) is 108 cm³/mol. The zero-order valence-electron chi connectivity index (χ0n) is 15.3. The number of hydrogen-bond acceptors (Lipinski definition) is 5. The lowest BCUT2D eigenvalue weighted by molar-refractivity contribution is 0.474. The van der Waals surface area contributed by atoms with E-state index in [1.54, 1.807) is 24.3 Å². The van der Waals surface area contributed by atoms with Gasteiger partial charge in [0.05, 0.1) is 10.5 Å². The summed E-state index contributed by atoms with van der Waals surface area (Å²) >= 11 is 0. The second-order valence-corrected chi connectivity index (χ2v) is 8.32. The molecule has 1 heterocycles. The fourth-order valence-electron chi connectivity index (χ4n) is 2.85. The van der Waals surface area contributed by atoms with Crippen molar-refractivity contribution in [1.29, 1.82) is 0 Å². The number of aryl methyl sites for hydroxylation is 2. The minimum Gasteiger partial charge on any atom is -0.507 e. The summed E-state index contributed by atoms with van der Waals surface area (Å²) in [5, 5.41) is 10.2. The molecule has 4 aromatic rings. The minimum absolute atomic E-state index is 0.0541. The molecule has 0 radical (unpaired) electrons. The van der Waals surface area contributed by atoms with Gasteiger partial charge in [0.25, 0.3) is 10.0 Å². The number of oxazole rings is 1. The summed E-state index contributed by atoms with van der Waals surface area (Å²) in [5.74, 6) is 0.163. The SMILES string of the molecule is Cc1ccc(S(=O)(=O)Nc2ccc(O)c(-c3nc4cc(C)ccc4o3)c2)cc1. The zero-order chi connectivity index (χ0) is 19.9. The first-order valence-corrected chi connectivity index (χ1v) is 10.1. The lowest BCUT2D eigenvalue weighted by atomic mass is 10.2. The molecule has 7 heteroatoms. The number of benzene rings is 3. The molecule has 0 unspecified atom stereocenters. The van der Waals surface area contributed by atoms with Gasteiger partial charge < -0.3 is 9.52 Å². The Hall–Kier alpha value is -3.32. The van der Waals surface area contributed by atoms with E-state index in [0.717, 1.165) is 11.1 Å². The number of aromatic hydroxyl groups is 1. The third kappa shape index (κ3) is 3.44. The monoisotopic (exact) mass is 394 g/mol. The van der Waals surface area contributed by atoms with Crippen LogP contribution in [0.2, 0.25) is 0 Å². The van der Waals surface area contributed by atoms with Gasteiger partial charge in [-0.25, -0.2) is 13.4 Å². The highest BCUT2D eigenvalue weighted by Gasteiger charge is 2.17. The molecule has 6 nitrogen and oxygen atoms in total. The molecule has 3 aromatic carbocycles. The van der Waals surface area contributed by atoms with Crippen molar-refractivity contribution in [3.05, 3.63) is 71.8 Å². The first-order chi connectivity index (χ1) is 13.3.